The maximum absolute atomic E-state index is 12.9. The Balaban J connectivity index is 1.42. The molecular weight excluding hydrogens is 327 g/mol. The highest BCUT2D eigenvalue weighted by Gasteiger charge is 2.09. The molecule has 0 saturated heterocycles. The summed E-state index contributed by atoms with van der Waals surface area (Å²) in [6.07, 6.45) is 5.74. The van der Waals surface area contributed by atoms with E-state index in [0.29, 0.717) is 12.5 Å². The second-order valence-corrected chi connectivity index (χ2v) is 6.84. The summed E-state index contributed by atoms with van der Waals surface area (Å²) < 4.78 is 12.9. The topological polar surface area (TPSA) is 45.1 Å². The molecule has 2 aromatic carbocycles. The van der Waals surface area contributed by atoms with Crippen LogP contribution in [-0.2, 0) is 6.54 Å². The van der Waals surface area contributed by atoms with Crippen molar-refractivity contribution in [1.82, 2.24) is 10.3 Å². The van der Waals surface area contributed by atoms with Crippen molar-refractivity contribution >= 4 is 10.8 Å². The highest BCUT2D eigenvalue weighted by atomic mass is 19.1. The molecule has 3 nitrogen and oxygen atoms in total. The van der Waals surface area contributed by atoms with E-state index in [1.165, 1.54) is 23.1 Å². The quantitative estimate of drug-likeness (QED) is 0.614. The minimum atomic E-state index is -0.531. The standard InChI is InChI=1S/C22H25FN2O/c1-16(3-2-4-22(26)18-7-9-21(23)10-8-18)25-14-17-5-6-20-15-24-12-11-19(20)13-17/h5-13,15-16,22,25-26H,2-4,14H2,1H3/t16-,22-/m1/s1. The van der Waals surface area contributed by atoms with E-state index in [1.807, 2.05) is 18.5 Å². The SMILES string of the molecule is C[C@H](CCC[C@@H](O)c1ccc(F)cc1)NCc1ccc2cnccc2c1. The molecule has 0 radical (unpaired) electrons. The molecule has 136 valence electrons. The average Bonchev–Trinajstić information content (AvgIpc) is 2.66. The van der Waals surface area contributed by atoms with Crippen molar-refractivity contribution in [3.8, 4) is 0 Å². The van der Waals surface area contributed by atoms with Gasteiger partial charge >= 0.3 is 0 Å². The Hall–Kier alpha value is -2.30. The predicted molar refractivity (Wildman–Crippen MR) is 103 cm³/mol. The van der Waals surface area contributed by atoms with Gasteiger partial charge in [-0.05, 0) is 67.0 Å². The largest absolute Gasteiger partial charge is 0.388 e. The Bertz CT molecular complexity index is 835. The summed E-state index contributed by atoms with van der Waals surface area (Å²) in [6, 6.07) is 14.9. The minimum Gasteiger partial charge on any atom is -0.388 e. The van der Waals surface area contributed by atoms with Gasteiger partial charge in [0, 0.05) is 30.4 Å². The molecule has 0 bridgehead atoms. The third kappa shape index (κ3) is 5.10. The van der Waals surface area contributed by atoms with E-state index in [4.69, 9.17) is 0 Å². The summed E-state index contributed by atoms with van der Waals surface area (Å²) in [5, 5.41) is 16.1. The first-order valence-electron chi connectivity index (χ1n) is 9.11. The summed E-state index contributed by atoms with van der Waals surface area (Å²) in [5.41, 5.74) is 2.03. The molecule has 3 aromatic rings. The van der Waals surface area contributed by atoms with E-state index in [2.05, 4.69) is 35.4 Å². The van der Waals surface area contributed by atoms with Gasteiger partial charge in [-0.15, -0.1) is 0 Å². The Morgan fingerprint density at radius 3 is 2.65 bits per heavy atom. The molecule has 0 amide bonds. The number of aromatic nitrogens is 1. The Kier molecular flexibility index (Phi) is 6.31. The van der Waals surface area contributed by atoms with Crippen molar-refractivity contribution in [3.63, 3.8) is 0 Å². The molecule has 0 fully saturated rings. The van der Waals surface area contributed by atoms with Crippen molar-refractivity contribution < 1.29 is 9.50 Å². The number of fused-ring (bicyclic) bond motifs is 1. The molecule has 2 N–H and O–H groups in total. The number of hydrogen-bond acceptors (Lipinski definition) is 3. The number of halogens is 1. The average molecular weight is 352 g/mol. The maximum atomic E-state index is 12.9. The van der Waals surface area contributed by atoms with Crippen LogP contribution in [0.5, 0.6) is 0 Å². The van der Waals surface area contributed by atoms with E-state index < -0.39 is 6.10 Å². The summed E-state index contributed by atoms with van der Waals surface area (Å²) in [5.74, 6) is -0.274. The van der Waals surface area contributed by atoms with Crippen LogP contribution >= 0.6 is 0 Å². The Morgan fingerprint density at radius 1 is 1.04 bits per heavy atom. The van der Waals surface area contributed by atoms with E-state index >= 15 is 0 Å². The summed E-state index contributed by atoms with van der Waals surface area (Å²) in [4.78, 5) is 4.14. The van der Waals surface area contributed by atoms with Gasteiger partial charge in [0.15, 0.2) is 0 Å². The van der Waals surface area contributed by atoms with E-state index in [9.17, 15) is 9.50 Å². The normalized spacial score (nSPS) is 13.7. The minimum absolute atomic E-state index is 0.274. The molecule has 3 rings (SSSR count). The zero-order valence-corrected chi connectivity index (χ0v) is 15.0. The van der Waals surface area contributed by atoms with Crippen molar-refractivity contribution in [2.75, 3.05) is 0 Å². The number of nitrogens with one attached hydrogen (secondary N) is 1. The Morgan fingerprint density at radius 2 is 1.85 bits per heavy atom. The predicted octanol–water partition coefficient (Wildman–Crippen LogP) is 4.76. The van der Waals surface area contributed by atoms with Crippen molar-refractivity contribution in [3.05, 3.63) is 77.9 Å². The van der Waals surface area contributed by atoms with Gasteiger partial charge < -0.3 is 10.4 Å². The highest BCUT2D eigenvalue weighted by molar-refractivity contribution is 5.81. The summed E-state index contributed by atoms with van der Waals surface area (Å²) in [6.45, 7) is 2.98. The lowest BCUT2D eigenvalue weighted by Gasteiger charge is -2.16. The summed E-state index contributed by atoms with van der Waals surface area (Å²) in [7, 11) is 0. The van der Waals surface area contributed by atoms with Gasteiger partial charge in [-0.25, -0.2) is 4.39 Å². The fourth-order valence-corrected chi connectivity index (χ4v) is 3.11. The van der Waals surface area contributed by atoms with Crippen LogP contribution in [0.25, 0.3) is 10.8 Å². The molecule has 1 heterocycles. The van der Waals surface area contributed by atoms with Crippen LogP contribution in [0.2, 0.25) is 0 Å². The van der Waals surface area contributed by atoms with E-state index in [0.717, 1.165) is 30.3 Å². The van der Waals surface area contributed by atoms with Crippen molar-refractivity contribution in [2.24, 2.45) is 0 Å². The van der Waals surface area contributed by atoms with Crippen LogP contribution in [0.1, 0.15) is 43.4 Å². The molecule has 2 atom stereocenters. The molecule has 4 heteroatoms. The molecule has 0 aliphatic carbocycles. The van der Waals surface area contributed by atoms with Crippen LogP contribution in [0.4, 0.5) is 4.39 Å². The second kappa shape index (κ2) is 8.88. The molecule has 0 unspecified atom stereocenters. The van der Waals surface area contributed by atoms with E-state index in [-0.39, 0.29) is 5.82 Å². The molecule has 0 aliphatic heterocycles. The van der Waals surface area contributed by atoms with Gasteiger partial charge in [-0.1, -0.05) is 24.3 Å². The van der Waals surface area contributed by atoms with E-state index in [1.54, 1.807) is 12.1 Å². The number of rotatable bonds is 8. The van der Waals surface area contributed by atoms with Gasteiger partial charge in [0.1, 0.15) is 5.82 Å². The molecule has 26 heavy (non-hydrogen) atoms. The number of benzene rings is 2. The second-order valence-electron chi connectivity index (χ2n) is 6.84. The van der Waals surface area contributed by atoms with Crippen LogP contribution in [-0.4, -0.2) is 16.1 Å². The van der Waals surface area contributed by atoms with Crippen molar-refractivity contribution in [1.29, 1.82) is 0 Å². The first-order chi connectivity index (χ1) is 12.6. The third-order valence-corrected chi connectivity index (χ3v) is 4.73. The zero-order valence-electron chi connectivity index (χ0n) is 15.0. The molecule has 0 aliphatic rings. The maximum Gasteiger partial charge on any atom is 0.123 e. The fraction of sp³-hybridized carbons (Fsp3) is 0.318. The lowest BCUT2D eigenvalue weighted by atomic mass is 10.0. The van der Waals surface area contributed by atoms with Gasteiger partial charge in [0.25, 0.3) is 0 Å². The zero-order chi connectivity index (χ0) is 18.4. The monoisotopic (exact) mass is 352 g/mol. The molecular formula is C22H25FN2O. The van der Waals surface area contributed by atoms with Crippen molar-refractivity contribution in [2.45, 2.75) is 44.9 Å². The number of aliphatic hydroxyl groups is 1. The highest BCUT2D eigenvalue weighted by Crippen LogP contribution is 2.20. The number of aliphatic hydroxyl groups excluding tert-OH is 1. The van der Waals surface area contributed by atoms with Crippen LogP contribution in [0.3, 0.4) is 0 Å². The van der Waals surface area contributed by atoms with Gasteiger partial charge in [0.05, 0.1) is 6.10 Å². The molecule has 0 saturated carbocycles. The lowest BCUT2D eigenvalue weighted by Crippen LogP contribution is -2.25. The lowest BCUT2D eigenvalue weighted by molar-refractivity contribution is 0.162. The van der Waals surface area contributed by atoms with Crippen LogP contribution in [0, 0.1) is 5.82 Å². The van der Waals surface area contributed by atoms with Gasteiger partial charge in [-0.3, -0.25) is 4.98 Å². The smallest absolute Gasteiger partial charge is 0.123 e. The molecule has 1 aromatic heterocycles. The first-order valence-corrected chi connectivity index (χ1v) is 9.11. The number of pyridine rings is 1. The Labute approximate surface area is 153 Å². The number of hydrogen-bond donors (Lipinski definition) is 2. The van der Waals surface area contributed by atoms with Gasteiger partial charge in [0.2, 0.25) is 0 Å². The fourth-order valence-electron chi connectivity index (χ4n) is 3.11. The van der Waals surface area contributed by atoms with Crippen LogP contribution in [0.15, 0.2) is 60.9 Å². The van der Waals surface area contributed by atoms with Crippen LogP contribution < -0.4 is 5.32 Å². The first kappa shape index (κ1) is 18.5. The summed E-state index contributed by atoms with van der Waals surface area (Å²) >= 11 is 0. The number of nitrogens with zero attached hydrogens (tertiary/aromatic N) is 1. The van der Waals surface area contributed by atoms with Gasteiger partial charge in [-0.2, -0.15) is 0 Å². The third-order valence-electron chi connectivity index (χ3n) is 4.73. The molecule has 0 spiro atoms.